The number of piperazine rings is 1. The lowest BCUT2D eigenvalue weighted by Gasteiger charge is -2.33. The van der Waals surface area contributed by atoms with Crippen molar-refractivity contribution in [3.05, 3.63) is 34.4 Å². The second-order valence-corrected chi connectivity index (χ2v) is 5.98. The molecule has 1 atom stereocenters. The third-order valence-electron chi connectivity index (χ3n) is 4.05. The third kappa shape index (κ3) is 3.43. The summed E-state index contributed by atoms with van der Waals surface area (Å²) in [6, 6.07) is 3.89. The van der Waals surface area contributed by atoms with E-state index < -0.39 is 0 Å². The average molecular weight is 288 g/mol. The lowest BCUT2D eigenvalue weighted by atomic mass is 9.98. The average Bonchev–Trinajstić information content (AvgIpc) is 2.39. The van der Waals surface area contributed by atoms with E-state index in [2.05, 4.69) is 38.2 Å². The molecule has 2 amide bonds. The molecule has 2 rings (SSSR count). The van der Waals surface area contributed by atoms with Crippen LogP contribution in [0.5, 0.6) is 0 Å². The summed E-state index contributed by atoms with van der Waals surface area (Å²) >= 11 is 0. The molecule has 1 aromatic rings. The molecule has 1 N–H and O–H groups in total. The maximum absolute atomic E-state index is 12.5. The number of hydrogen-bond acceptors (Lipinski definition) is 2. The Balaban J connectivity index is 2.22. The van der Waals surface area contributed by atoms with Crippen LogP contribution >= 0.6 is 0 Å². The Morgan fingerprint density at radius 1 is 1.19 bits per heavy atom. The zero-order valence-corrected chi connectivity index (χ0v) is 13.3. The summed E-state index contributed by atoms with van der Waals surface area (Å²) in [4.78, 5) is 26.0. The van der Waals surface area contributed by atoms with Gasteiger partial charge in [-0.25, -0.2) is 0 Å². The number of hydrogen-bond donors (Lipinski definition) is 1. The highest BCUT2D eigenvalue weighted by molar-refractivity contribution is 5.94. The van der Waals surface area contributed by atoms with E-state index in [9.17, 15) is 9.59 Å². The normalized spacial score (nSPS) is 18.9. The summed E-state index contributed by atoms with van der Waals surface area (Å²) < 4.78 is 0. The van der Waals surface area contributed by atoms with Crippen LogP contribution < -0.4 is 5.32 Å². The summed E-state index contributed by atoms with van der Waals surface area (Å²) in [5.74, 6) is -0.0220. The van der Waals surface area contributed by atoms with Crippen LogP contribution in [-0.4, -0.2) is 29.3 Å². The van der Waals surface area contributed by atoms with Crippen molar-refractivity contribution in [1.82, 2.24) is 10.2 Å². The van der Waals surface area contributed by atoms with Gasteiger partial charge in [0, 0.05) is 6.54 Å². The standard InChI is InChI=1S/C17H24N2O2/c1-5-6-15-17(21)19(10-16(20)18-15)9-14-12(3)7-11(2)8-13(14)4/h7-8,15H,5-6,9-10H2,1-4H3,(H,18,20). The fraction of sp³-hybridized carbons (Fsp3) is 0.529. The van der Waals surface area contributed by atoms with E-state index in [1.54, 1.807) is 4.90 Å². The van der Waals surface area contributed by atoms with Crippen molar-refractivity contribution in [3.63, 3.8) is 0 Å². The minimum atomic E-state index is -0.359. The molecule has 0 aromatic heterocycles. The summed E-state index contributed by atoms with van der Waals surface area (Å²) in [6.07, 6.45) is 1.58. The molecule has 0 radical (unpaired) electrons. The topological polar surface area (TPSA) is 49.4 Å². The number of benzene rings is 1. The van der Waals surface area contributed by atoms with E-state index in [0.717, 1.165) is 12.0 Å². The van der Waals surface area contributed by atoms with Gasteiger partial charge in [0.1, 0.15) is 6.04 Å². The number of amides is 2. The second kappa shape index (κ2) is 6.29. The van der Waals surface area contributed by atoms with Crippen LogP contribution in [0.4, 0.5) is 0 Å². The fourth-order valence-electron chi connectivity index (χ4n) is 3.04. The molecule has 0 bridgehead atoms. The SMILES string of the molecule is CCCC1NC(=O)CN(Cc2c(C)cc(C)cc2C)C1=O. The van der Waals surface area contributed by atoms with Crippen molar-refractivity contribution in [2.45, 2.75) is 53.1 Å². The molecule has 1 aromatic carbocycles. The number of carbonyl (C=O) groups excluding carboxylic acids is 2. The molecule has 0 aliphatic carbocycles. The Morgan fingerprint density at radius 3 is 2.38 bits per heavy atom. The monoisotopic (exact) mass is 288 g/mol. The molecule has 1 saturated heterocycles. The van der Waals surface area contributed by atoms with Gasteiger partial charge in [0.25, 0.3) is 0 Å². The lowest BCUT2D eigenvalue weighted by molar-refractivity contribution is -0.145. The summed E-state index contributed by atoms with van der Waals surface area (Å²) in [5.41, 5.74) is 4.73. The zero-order valence-electron chi connectivity index (χ0n) is 13.3. The predicted octanol–water partition coefficient (Wildman–Crippen LogP) is 2.24. The van der Waals surface area contributed by atoms with E-state index in [4.69, 9.17) is 0 Å². The molecule has 1 fully saturated rings. The Morgan fingerprint density at radius 2 is 1.81 bits per heavy atom. The number of carbonyl (C=O) groups is 2. The molecule has 4 nitrogen and oxygen atoms in total. The maximum Gasteiger partial charge on any atom is 0.245 e. The van der Waals surface area contributed by atoms with Crippen LogP contribution in [0.1, 0.15) is 42.0 Å². The summed E-state index contributed by atoms with van der Waals surface area (Å²) in [5, 5.41) is 2.79. The first-order valence-electron chi connectivity index (χ1n) is 7.57. The first-order valence-corrected chi connectivity index (χ1v) is 7.57. The highest BCUT2D eigenvalue weighted by Gasteiger charge is 2.32. The van der Waals surface area contributed by atoms with Gasteiger partial charge in [0.15, 0.2) is 0 Å². The fourth-order valence-corrected chi connectivity index (χ4v) is 3.04. The van der Waals surface area contributed by atoms with Crippen molar-refractivity contribution < 1.29 is 9.59 Å². The Labute approximate surface area is 126 Å². The summed E-state index contributed by atoms with van der Waals surface area (Å²) in [7, 11) is 0. The number of rotatable bonds is 4. The second-order valence-electron chi connectivity index (χ2n) is 5.98. The smallest absolute Gasteiger partial charge is 0.245 e. The molecule has 0 saturated carbocycles. The van der Waals surface area contributed by atoms with Crippen molar-refractivity contribution >= 4 is 11.8 Å². The van der Waals surface area contributed by atoms with Crippen molar-refractivity contribution in [2.24, 2.45) is 0 Å². The molecule has 21 heavy (non-hydrogen) atoms. The molecular formula is C17H24N2O2. The van der Waals surface area contributed by atoms with Crippen LogP contribution in [0.2, 0.25) is 0 Å². The Kier molecular flexibility index (Phi) is 4.66. The number of aryl methyl sites for hydroxylation is 3. The van der Waals surface area contributed by atoms with Gasteiger partial charge in [-0.3, -0.25) is 9.59 Å². The van der Waals surface area contributed by atoms with Gasteiger partial charge in [0.05, 0.1) is 6.54 Å². The first kappa shape index (κ1) is 15.5. The third-order valence-corrected chi connectivity index (χ3v) is 4.05. The van der Waals surface area contributed by atoms with Crippen molar-refractivity contribution in [1.29, 1.82) is 0 Å². The largest absolute Gasteiger partial charge is 0.343 e. The highest BCUT2D eigenvalue weighted by atomic mass is 16.2. The zero-order chi connectivity index (χ0) is 15.6. The molecular weight excluding hydrogens is 264 g/mol. The van der Waals surface area contributed by atoms with Gasteiger partial charge >= 0.3 is 0 Å². The van der Waals surface area contributed by atoms with E-state index in [0.29, 0.717) is 13.0 Å². The molecule has 1 aliphatic rings. The first-order chi connectivity index (χ1) is 9.92. The van der Waals surface area contributed by atoms with Gasteiger partial charge in [-0.05, 0) is 43.9 Å². The van der Waals surface area contributed by atoms with Crippen LogP contribution in [0, 0.1) is 20.8 Å². The molecule has 1 unspecified atom stereocenters. The van der Waals surface area contributed by atoms with E-state index in [1.807, 2.05) is 6.92 Å². The molecule has 4 heteroatoms. The summed E-state index contributed by atoms with van der Waals surface area (Å²) in [6.45, 7) is 8.89. The quantitative estimate of drug-likeness (QED) is 0.923. The number of nitrogens with one attached hydrogen (secondary N) is 1. The maximum atomic E-state index is 12.5. The van der Waals surface area contributed by atoms with Gasteiger partial charge in [-0.15, -0.1) is 0 Å². The Hall–Kier alpha value is -1.84. The minimum Gasteiger partial charge on any atom is -0.343 e. The minimum absolute atomic E-state index is 0.0378. The van der Waals surface area contributed by atoms with Crippen LogP contribution in [0.15, 0.2) is 12.1 Å². The van der Waals surface area contributed by atoms with Gasteiger partial charge in [0.2, 0.25) is 11.8 Å². The van der Waals surface area contributed by atoms with Crippen LogP contribution in [0.3, 0.4) is 0 Å². The van der Waals surface area contributed by atoms with E-state index >= 15 is 0 Å². The lowest BCUT2D eigenvalue weighted by Crippen LogP contribution is -2.57. The van der Waals surface area contributed by atoms with Crippen molar-refractivity contribution in [3.8, 4) is 0 Å². The van der Waals surface area contributed by atoms with Crippen LogP contribution in [0.25, 0.3) is 0 Å². The molecule has 1 heterocycles. The van der Waals surface area contributed by atoms with Crippen molar-refractivity contribution in [2.75, 3.05) is 6.54 Å². The van der Waals surface area contributed by atoms with Crippen LogP contribution in [-0.2, 0) is 16.1 Å². The van der Waals surface area contributed by atoms with E-state index in [1.165, 1.54) is 16.7 Å². The van der Waals surface area contributed by atoms with E-state index in [-0.39, 0.29) is 24.4 Å². The molecule has 1 aliphatic heterocycles. The predicted molar refractivity (Wildman–Crippen MR) is 82.9 cm³/mol. The highest BCUT2D eigenvalue weighted by Crippen LogP contribution is 2.20. The number of nitrogens with zero attached hydrogens (tertiary/aromatic N) is 1. The Bertz CT molecular complexity index is 543. The van der Waals surface area contributed by atoms with Gasteiger partial charge in [-0.2, -0.15) is 0 Å². The molecule has 114 valence electrons. The molecule has 0 spiro atoms. The van der Waals surface area contributed by atoms with Gasteiger partial charge < -0.3 is 10.2 Å². The van der Waals surface area contributed by atoms with Gasteiger partial charge in [-0.1, -0.05) is 31.0 Å².